The molecule has 0 spiro atoms. The van der Waals surface area contributed by atoms with Crippen LogP contribution in [0.5, 0.6) is 0 Å². The number of nitrogens with zero attached hydrogens (tertiary/aromatic N) is 1. The Morgan fingerprint density at radius 1 is 0.322 bits per heavy atom. The van der Waals surface area contributed by atoms with Gasteiger partial charge in [0.05, 0.1) is 0 Å². The van der Waals surface area contributed by atoms with Crippen LogP contribution in [-0.2, 0) is 5.41 Å². The number of hydrogen-bond donors (Lipinski definition) is 0. The maximum Gasteiger partial charge on any atom is 0.136 e. The maximum atomic E-state index is 6.19. The Morgan fingerprint density at radius 2 is 0.729 bits per heavy atom. The normalized spacial score (nSPS) is 12.7. The number of benzene rings is 9. The molecule has 1 aromatic heterocycles. The lowest BCUT2D eigenvalue weighted by Crippen LogP contribution is -2.16. The highest BCUT2D eigenvalue weighted by Crippen LogP contribution is 2.51. The van der Waals surface area contributed by atoms with Crippen molar-refractivity contribution in [2.75, 3.05) is 4.90 Å². The molecule has 0 bridgehead atoms. The minimum Gasteiger partial charge on any atom is -0.456 e. The van der Waals surface area contributed by atoms with Crippen molar-refractivity contribution in [2.45, 2.75) is 19.3 Å². The van der Waals surface area contributed by atoms with E-state index in [4.69, 9.17) is 4.42 Å². The molecule has 2 heteroatoms. The highest BCUT2D eigenvalue weighted by Gasteiger charge is 2.36. The van der Waals surface area contributed by atoms with E-state index < -0.39 is 0 Å². The quantitative estimate of drug-likeness (QED) is 0.161. The summed E-state index contributed by atoms with van der Waals surface area (Å²) in [5.74, 6) is 0. The van der Waals surface area contributed by atoms with Gasteiger partial charge in [-0.1, -0.05) is 166 Å². The molecule has 0 atom stereocenters. The fraction of sp³-hybridized carbons (Fsp3) is 0.0526. The zero-order valence-corrected chi connectivity index (χ0v) is 33.1. The van der Waals surface area contributed by atoms with Crippen LogP contribution < -0.4 is 4.90 Å². The third kappa shape index (κ3) is 6.04. The summed E-state index contributed by atoms with van der Waals surface area (Å²) in [6, 6.07) is 76.9. The maximum absolute atomic E-state index is 6.19. The lowest BCUT2D eigenvalue weighted by molar-refractivity contribution is 0.660. The van der Waals surface area contributed by atoms with E-state index in [2.05, 4.69) is 219 Å². The van der Waals surface area contributed by atoms with E-state index in [1.54, 1.807) is 0 Å². The molecule has 0 aliphatic heterocycles. The van der Waals surface area contributed by atoms with Gasteiger partial charge in [0, 0.05) is 33.2 Å². The van der Waals surface area contributed by atoms with Gasteiger partial charge in [-0.2, -0.15) is 0 Å². The first-order valence-corrected chi connectivity index (χ1v) is 20.4. The summed E-state index contributed by atoms with van der Waals surface area (Å²) in [4.78, 5) is 2.39. The molecule has 0 amide bonds. The summed E-state index contributed by atoms with van der Waals surface area (Å²) < 4.78 is 6.19. The molecule has 59 heavy (non-hydrogen) atoms. The van der Waals surface area contributed by atoms with Gasteiger partial charge < -0.3 is 9.32 Å². The zero-order valence-electron chi connectivity index (χ0n) is 33.1. The first kappa shape index (κ1) is 34.8. The smallest absolute Gasteiger partial charge is 0.136 e. The van der Waals surface area contributed by atoms with Crippen LogP contribution >= 0.6 is 0 Å². The van der Waals surface area contributed by atoms with Crippen LogP contribution in [0.4, 0.5) is 17.1 Å². The number of anilines is 3. The molecule has 0 fully saturated rings. The third-order valence-corrected chi connectivity index (χ3v) is 12.3. The number of fused-ring (bicyclic) bond motifs is 6. The van der Waals surface area contributed by atoms with Crippen LogP contribution in [0.1, 0.15) is 25.0 Å². The third-order valence-electron chi connectivity index (χ3n) is 12.3. The molecule has 0 unspecified atom stereocenters. The Balaban J connectivity index is 0.937. The van der Waals surface area contributed by atoms with Gasteiger partial charge in [-0.3, -0.25) is 0 Å². The van der Waals surface area contributed by atoms with E-state index in [9.17, 15) is 0 Å². The first-order chi connectivity index (χ1) is 29.0. The van der Waals surface area contributed by atoms with Gasteiger partial charge in [0.25, 0.3) is 0 Å². The van der Waals surface area contributed by atoms with Crippen molar-refractivity contribution in [2.24, 2.45) is 0 Å². The molecule has 10 aromatic rings. The molecule has 1 heterocycles. The van der Waals surface area contributed by atoms with Crippen LogP contribution in [-0.4, -0.2) is 0 Å². The monoisotopic (exact) mass is 755 g/mol. The lowest BCUT2D eigenvalue weighted by Gasteiger charge is -2.28. The van der Waals surface area contributed by atoms with E-state index in [0.29, 0.717) is 0 Å². The van der Waals surface area contributed by atoms with E-state index in [1.165, 1.54) is 55.6 Å². The number of hydrogen-bond acceptors (Lipinski definition) is 2. The molecule has 1 aliphatic rings. The van der Waals surface area contributed by atoms with Crippen LogP contribution in [0.2, 0.25) is 0 Å². The average molecular weight is 756 g/mol. The molecule has 280 valence electrons. The zero-order chi connectivity index (χ0) is 39.5. The average Bonchev–Trinajstić information content (AvgIpc) is 3.78. The molecule has 2 nitrogen and oxygen atoms in total. The molecule has 0 N–H and O–H groups in total. The second-order valence-corrected chi connectivity index (χ2v) is 16.2. The summed E-state index contributed by atoms with van der Waals surface area (Å²) in [5, 5.41) is 2.30. The molecular formula is C57H41NO. The summed E-state index contributed by atoms with van der Waals surface area (Å²) in [7, 11) is 0. The molecule has 11 rings (SSSR count). The molecule has 0 saturated carbocycles. The van der Waals surface area contributed by atoms with Crippen LogP contribution in [0, 0.1) is 0 Å². The van der Waals surface area contributed by atoms with Gasteiger partial charge >= 0.3 is 0 Å². The van der Waals surface area contributed by atoms with E-state index in [-0.39, 0.29) is 5.41 Å². The highest BCUT2D eigenvalue weighted by atomic mass is 16.3. The van der Waals surface area contributed by atoms with E-state index in [1.807, 2.05) is 12.1 Å². The lowest BCUT2D eigenvalue weighted by atomic mass is 9.81. The van der Waals surface area contributed by atoms with Crippen molar-refractivity contribution in [1.29, 1.82) is 0 Å². The van der Waals surface area contributed by atoms with Gasteiger partial charge in [-0.05, 0) is 127 Å². The standard InChI is InChI=1S/C57H41NO/c1-57(2)53-35-44(39-13-7-4-8-14-39)25-32-49(53)50-34-31-48(37-54(50)57)58(46-27-21-41(22-28-46)38-11-5-3-6-12-38)47-29-23-42(24-30-47)40-17-19-43(20-18-40)45-26-33-52-51-15-9-10-16-55(51)59-56(52)36-45/h3-37H,1-2H3. The van der Waals surface area contributed by atoms with Crippen LogP contribution in [0.25, 0.3) is 77.6 Å². The number of furan rings is 1. The van der Waals surface area contributed by atoms with Crippen LogP contribution in [0.3, 0.4) is 0 Å². The van der Waals surface area contributed by atoms with Gasteiger partial charge in [-0.15, -0.1) is 0 Å². The number of rotatable bonds is 7. The Labute approximate surface area is 345 Å². The van der Waals surface area contributed by atoms with Crippen molar-refractivity contribution >= 4 is 39.0 Å². The highest BCUT2D eigenvalue weighted by molar-refractivity contribution is 6.06. The van der Waals surface area contributed by atoms with Gasteiger partial charge in [0.2, 0.25) is 0 Å². The van der Waals surface area contributed by atoms with E-state index in [0.717, 1.165) is 50.1 Å². The molecule has 1 aliphatic carbocycles. The molecule has 0 saturated heterocycles. The van der Waals surface area contributed by atoms with Crippen molar-refractivity contribution in [1.82, 2.24) is 0 Å². The molecular weight excluding hydrogens is 715 g/mol. The first-order valence-electron chi connectivity index (χ1n) is 20.4. The van der Waals surface area contributed by atoms with Crippen LogP contribution in [0.15, 0.2) is 217 Å². The van der Waals surface area contributed by atoms with E-state index >= 15 is 0 Å². The summed E-state index contributed by atoms with van der Waals surface area (Å²) in [5.41, 5.74) is 19.9. The second-order valence-electron chi connectivity index (χ2n) is 16.2. The van der Waals surface area contributed by atoms with Gasteiger partial charge in [-0.25, -0.2) is 0 Å². The largest absolute Gasteiger partial charge is 0.456 e. The molecule has 0 radical (unpaired) electrons. The summed E-state index contributed by atoms with van der Waals surface area (Å²) >= 11 is 0. The van der Waals surface area contributed by atoms with Gasteiger partial charge in [0.1, 0.15) is 11.2 Å². The van der Waals surface area contributed by atoms with Crippen molar-refractivity contribution in [3.05, 3.63) is 223 Å². The van der Waals surface area contributed by atoms with Crippen molar-refractivity contribution in [3.8, 4) is 55.6 Å². The van der Waals surface area contributed by atoms with Gasteiger partial charge in [0.15, 0.2) is 0 Å². The Bertz CT molecular complexity index is 3140. The second kappa shape index (κ2) is 13.9. The Hall–Kier alpha value is -7.42. The minimum absolute atomic E-state index is 0.165. The fourth-order valence-electron chi connectivity index (χ4n) is 9.12. The summed E-state index contributed by atoms with van der Waals surface area (Å²) in [6.45, 7) is 4.74. The fourth-order valence-corrected chi connectivity index (χ4v) is 9.12. The Morgan fingerprint density at radius 3 is 1.36 bits per heavy atom. The Kier molecular flexibility index (Phi) is 8.20. The summed E-state index contributed by atoms with van der Waals surface area (Å²) in [6.07, 6.45) is 0. The SMILES string of the molecule is CC1(C)c2cc(-c3ccccc3)ccc2-c2ccc(N(c3ccc(-c4ccccc4)cc3)c3ccc(-c4ccc(-c5ccc6c(c5)oc5ccccc56)cc4)cc3)cc21. The minimum atomic E-state index is -0.165. The predicted molar refractivity (Wildman–Crippen MR) is 248 cm³/mol. The van der Waals surface area contributed by atoms with Crippen molar-refractivity contribution in [3.63, 3.8) is 0 Å². The topological polar surface area (TPSA) is 16.4 Å². The van der Waals surface area contributed by atoms with Crippen molar-refractivity contribution < 1.29 is 4.42 Å². The molecule has 9 aromatic carbocycles. The number of para-hydroxylation sites is 1. The predicted octanol–water partition coefficient (Wildman–Crippen LogP) is 16.0.